The molecule has 0 aromatic rings. The predicted octanol–water partition coefficient (Wildman–Crippen LogP) is 0.868. The minimum atomic E-state index is -0.565. The second kappa shape index (κ2) is 9.22. The van der Waals surface area contributed by atoms with Crippen molar-refractivity contribution in [2.24, 2.45) is 5.73 Å². The van der Waals surface area contributed by atoms with Gasteiger partial charge in [0.15, 0.2) is 0 Å². The van der Waals surface area contributed by atoms with E-state index in [9.17, 15) is 9.59 Å². The number of halogens is 2. The number of nitrogens with zero attached hydrogens (tertiary/aromatic N) is 3. The molecule has 3 fully saturated rings. The molecule has 2 saturated heterocycles. The van der Waals surface area contributed by atoms with E-state index in [-0.39, 0.29) is 36.6 Å². The van der Waals surface area contributed by atoms with Crippen molar-refractivity contribution in [3.05, 3.63) is 0 Å². The number of carbonyl (C=O) groups excluding carboxylic acids is 2. The van der Waals surface area contributed by atoms with Gasteiger partial charge in [-0.25, -0.2) is 0 Å². The minimum absolute atomic E-state index is 0. The van der Waals surface area contributed by atoms with Crippen LogP contribution >= 0.6 is 24.8 Å². The Morgan fingerprint density at radius 2 is 1.33 bits per heavy atom. The number of rotatable bonds is 3. The highest BCUT2D eigenvalue weighted by atomic mass is 35.5. The van der Waals surface area contributed by atoms with Crippen molar-refractivity contribution < 1.29 is 9.59 Å². The third-order valence-electron chi connectivity index (χ3n) is 5.19. The van der Waals surface area contributed by atoms with E-state index >= 15 is 0 Å². The SMILES string of the molecule is Cl.Cl.NC1(C(=O)N2CCN(CC(=O)N3CCCCCC3)CC2)CC1. The van der Waals surface area contributed by atoms with Crippen LogP contribution in [0.25, 0.3) is 0 Å². The van der Waals surface area contributed by atoms with Gasteiger partial charge >= 0.3 is 0 Å². The second-order valence-electron chi connectivity index (χ2n) is 7.02. The van der Waals surface area contributed by atoms with Crippen LogP contribution in [-0.4, -0.2) is 77.9 Å². The van der Waals surface area contributed by atoms with E-state index < -0.39 is 5.54 Å². The van der Waals surface area contributed by atoms with Crippen LogP contribution in [0.4, 0.5) is 0 Å². The van der Waals surface area contributed by atoms with Gasteiger partial charge in [-0.2, -0.15) is 0 Å². The highest BCUT2D eigenvalue weighted by molar-refractivity contribution is 5.89. The maximum atomic E-state index is 12.4. The normalized spacial score (nSPS) is 23.5. The number of carbonyl (C=O) groups is 2. The number of hydrogen-bond donors (Lipinski definition) is 1. The molecule has 140 valence electrons. The third-order valence-corrected chi connectivity index (χ3v) is 5.19. The van der Waals surface area contributed by atoms with Gasteiger partial charge in [0.25, 0.3) is 0 Å². The van der Waals surface area contributed by atoms with Gasteiger partial charge in [0, 0.05) is 39.3 Å². The summed E-state index contributed by atoms with van der Waals surface area (Å²) in [5.41, 5.74) is 5.42. The summed E-state index contributed by atoms with van der Waals surface area (Å²) in [4.78, 5) is 30.7. The smallest absolute Gasteiger partial charge is 0.242 e. The predicted molar refractivity (Wildman–Crippen MR) is 98.7 cm³/mol. The van der Waals surface area contributed by atoms with Crippen molar-refractivity contribution in [1.82, 2.24) is 14.7 Å². The third kappa shape index (κ3) is 5.22. The van der Waals surface area contributed by atoms with Crippen LogP contribution in [0.15, 0.2) is 0 Å². The standard InChI is InChI=1S/C16H28N4O2.2ClH/c17-16(5-6-16)15(22)20-11-9-18(10-12-20)13-14(21)19-7-3-1-2-4-8-19;;/h1-13,17H2;2*1H. The summed E-state index contributed by atoms with van der Waals surface area (Å²) in [5.74, 6) is 0.352. The van der Waals surface area contributed by atoms with Gasteiger partial charge in [-0.1, -0.05) is 12.8 Å². The molecule has 3 rings (SSSR count). The molecule has 0 aromatic carbocycles. The van der Waals surface area contributed by atoms with Crippen molar-refractivity contribution >= 4 is 36.6 Å². The first-order valence-corrected chi connectivity index (χ1v) is 8.67. The Bertz CT molecular complexity index is 430. The summed E-state index contributed by atoms with van der Waals surface area (Å²) < 4.78 is 0. The number of likely N-dealkylation sites (tertiary alicyclic amines) is 1. The molecule has 0 aromatic heterocycles. The molecule has 2 aliphatic heterocycles. The largest absolute Gasteiger partial charge is 0.342 e. The zero-order valence-corrected chi connectivity index (χ0v) is 15.9. The monoisotopic (exact) mass is 380 g/mol. The molecule has 1 saturated carbocycles. The van der Waals surface area contributed by atoms with Gasteiger partial charge in [0.2, 0.25) is 11.8 Å². The van der Waals surface area contributed by atoms with Crippen LogP contribution in [0.1, 0.15) is 38.5 Å². The minimum Gasteiger partial charge on any atom is -0.342 e. The number of amides is 2. The van der Waals surface area contributed by atoms with Crippen LogP contribution in [0.2, 0.25) is 0 Å². The van der Waals surface area contributed by atoms with Crippen LogP contribution in [0.3, 0.4) is 0 Å². The first-order valence-electron chi connectivity index (χ1n) is 8.67. The molecule has 1 aliphatic carbocycles. The lowest BCUT2D eigenvalue weighted by molar-refractivity contribution is -0.136. The Hall–Kier alpha value is -0.560. The molecular weight excluding hydrogens is 351 g/mol. The lowest BCUT2D eigenvalue weighted by Crippen LogP contribution is -2.55. The molecule has 3 aliphatic rings. The molecule has 0 radical (unpaired) electrons. The van der Waals surface area contributed by atoms with Gasteiger partial charge in [-0.3, -0.25) is 14.5 Å². The Balaban J connectivity index is 0.00000144. The summed E-state index contributed by atoms with van der Waals surface area (Å²) in [5, 5.41) is 0. The summed E-state index contributed by atoms with van der Waals surface area (Å²) in [6.07, 6.45) is 6.38. The van der Waals surface area contributed by atoms with E-state index in [0.29, 0.717) is 19.6 Å². The quantitative estimate of drug-likeness (QED) is 0.788. The topological polar surface area (TPSA) is 69.9 Å². The Morgan fingerprint density at radius 3 is 1.83 bits per heavy atom. The van der Waals surface area contributed by atoms with E-state index in [1.807, 2.05) is 9.80 Å². The van der Waals surface area contributed by atoms with Gasteiger partial charge < -0.3 is 15.5 Å². The Morgan fingerprint density at radius 1 is 0.792 bits per heavy atom. The summed E-state index contributed by atoms with van der Waals surface area (Å²) >= 11 is 0. The van der Waals surface area contributed by atoms with E-state index in [2.05, 4.69) is 4.90 Å². The second-order valence-corrected chi connectivity index (χ2v) is 7.02. The Kier molecular flexibility index (Phi) is 8.26. The average Bonchev–Trinajstić information content (AvgIpc) is 3.31. The van der Waals surface area contributed by atoms with E-state index in [4.69, 9.17) is 5.73 Å². The van der Waals surface area contributed by atoms with Crippen molar-refractivity contribution in [3.63, 3.8) is 0 Å². The number of hydrogen-bond acceptors (Lipinski definition) is 4. The fraction of sp³-hybridized carbons (Fsp3) is 0.875. The van der Waals surface area contributed by atoms with Gasteiger partial charge in [0.1, 0.15) is 0 Å². The van der Waals surface area contributed by atoms with Crippen LogP contribution in [0.5, 0.6) is 0 Å². The fourth-order valence-corrected chi connectivity index (χ4v) is 3.38. The summed E-state index contributed by atoms with van der Waals surface area (Å²) in [7, 11) is 0. The van der Waals surface area contributed by atoms with Crippen molar-refractivity contribution in [2.75, 3.05) is 45.8 Å². The van der Waals surface area contributed by atoms with Crippen LogP contribution in [0, 0.1) is 0 Å². The number of nitrogens with two attached hydrogens (primary N) is 1. The summed E-state index contributed by atoms with van der Waals surface area (Å²) in [6.45, 7) is 5.27. The molecule has 24 heavy (non-hydrogen) atoms. The molecule has 2 heterocycles. The van der Waals surface area contributed by atoms with E-state index in [1.54, 1.807) is 0 Å². The number of piperazine rings is 1. The molecular formula is C16H30Cl2N4O2. The van der Waals surface area contributed by atoms with Gasteiger partial charge in [-0.05, 0) is 25.7 Å². The molecule has 0 unspecified atom stereocenters. The maximum Gasteiger partial charge on any atom is 0.242 e. The molecule has 0 bridgehead atoms. The molecule has 0 spiro atoms. The van der Waals surface area contributed by atoms with Gasteiger partial charge in [0.05, 0.1) is 12.1 Å². The summed E-state index contributed by atoms with van der Waals surface area (Å²) in [6, 6.07) is 0. The lowest BCUT2D eigenvalue weighted by Gasteiger charge is -2.36. The lowest BCUT2D eigenvalue weighted by atomic mass is 10.2. The van der Waals surface area contributed by atoms with Crippen LogP contribution < -0.4 is 5.73 Å². The fourth-order valence-electron chi connectivity index (χ4n) is 3.38. The maximum absolute atomic E-state index is 12.4. The van der Waals surface area contributed by atoms with Crippen molar-refractivity contribution in [3.8, 4) is 0 Å². The Labute approximate surface area is 156 Å². The zero-order chi connectivity index (χ0) is 15.6. The highest BCUT2D eigenvalue weighted by Gasteiger charge is 2.48. The van der Waals surface area contributed by atoms with Gasteiger partial charge in [-0.15, -0.1) is 24.8 Å². The average molecular weight is 381 g/mol. The van der Waals surface area contributed by atoms with E-state index in [0.717, 1.165) is 51.9 Å². The zero-order valence-electron chi connectivity index (χ0n) is 14.2. The molecule has 6 nitrogen and oxygen atoms in total. The molecule has 0 atom stereocenters. The van der Waals surface area contributed by atoms with Crippen molar-refractivity contribution in [2.45, 2.75) is 44.1 Å². The molecule has 8 heteroatoms. The first kappa shape index (κ1) is 21.5. The van der Waals surface area contributed by atoms with Crippen LogP contribution in [-0.2, 0) is 9.59 Å². The molecule has 2 N–H and O–H groups in total. The van der Waals surface area contributed by atoms with E-state index in [1.165, 1.54) is 12.8 Å². The first-order chi connectivity index (χ1) is 10.6. The van der Waals surface area contributed by atoms with Crippen molar-refractivity contribution in [1.29, 1.82) is 0 Å². The molecule has 2 amide bonds. The highest BCUT2D eigenvalue weighted by Crippen LogP contribution is 2.34.